The minimum atomic E-state index is -3.79. The van der Waals surface area contributed by atoms with E-state index in [9.17, 15) is 32.9 Å². The number of nitro benzene ring substituents is 1. The number of urea groups is 1. The van der Waals surface area contributed by atoms with E-state index in [1.807, 2.05) is 0 Å². The number of carbonyl (C=O) groups excluding carboxylic acids is 3. The second-order valence-electron chi connectivity index (χ2n) is 6.90. The Kier molecular flexibility index (Phi) is 6.50. The molecule has 13 heteroatoms. The standard InChI is InChI=1S/C19H19N5O7S/c20-32(30,31)14-5-2-12(3-6-14)11-22-19(27)21-8-1-9-23-17(25)15-7-4-13(24(28)29)10-16(15)18(23)26/h2-7,10H,1,8-9,11H2,(H2,20,30,31)(H2,21,22,27). The van der Waals surface area contributed by atoms with Crippen LogP contribution in [-0.4, -0.2) is 49.2 Å². The quantitative estimate of drug-likeness (QED) is 0.224. The van der Waals surface area contributed by atoms with Gasteiger partial charge in [-0.25, -0.2) is 18.4 Å². The van der Waals surface area contributed by atoms with Crippen molar-refractivity contribution in [2.75, 3.05) is 13.1 Å². The first-order valence-corrected chi connectivity index (χ1v) is 10.9. The van der Waals surface area contributed by atoms with Crippen molar-refractivity contribution in [2.45, 2.75) is 17.9 Å². The van der Waals surface area contributed by atoms with Crippen LogP contribution in [0.2, 0.25) is 0 Å². The van der Waals surface area contributed by atoms with Crippen molar-refractivity contribution >= 4 is 33.6 Å². The maximum atomic E-state index is 12.4. The molecule has 0 bridgehead atoms. The topological polar surface area (TPSA) is 182 Å². The Morgan fingerprint density at radius 1 is 1.03 bits per heavy atom. The van der Waals surface area contributed by atoms with Gasteiger partial charge in [-0.15, -0.1) is 0 Å². The Balaban J connectivity index is 1.44. The van der Waals surface area contributed by atoms with Crippen LogP contribution in [0.4, 0.5) is 10.5 Å². The maximum absolute atomic E-state index is 12.4. The van der Waals surface area contributed by atoms with E-state index in [2.05, 4.69) is 10.6 Å². The van der Waals surface area contributed by atoms with Crippen molar-refractivity contribution in [3.63, 3.8) is 0 Å². The summed E-state index contributed by atoms with van der Waals surface area (Å²) in [6.07, 6.45) is 0.282. The lowest BCUT2D eigenvalue weighted by atomic mass is 10.1. The lowest BCUT2D eigenvalue weighted by Crippen LogP contribution is -2.37. The molecule has 32 heavy (non-hydrogen) atoms. The van der Waals surface area contributed by atoms with Gasteiger partial charge in [0.1, 0.15) is 0 Å². The van der Waals surface area contributed by atoms with Gasteiger partial charge < -0.3 is 10.6 Å². The SMILES string of the molecule is NS(=O)(=O)c1ccc(CNC(=O)NCCCN2C(=O)c3ccc([N+](=O)[O-])cc3C2=O)cc1. The average molecular weight is 461 g/mol. The Bertz CT molecular complexity index is 1200. The van der Waals surface area contributed by atoms with E-state index in [-0.39, 0.29) is 47.8 Å². The highest BCUT2D eigenvalue weighted by atomic mass is 32.2. The van der Waals surface area contributed by atoms with Crippen molar-refractivity contribution in [1.82, 2.24) is 15.5 Å². The number of nitrogens with two attached hydrogens (primary N) is 1. The third kappa shape index (κ3) is 5.07. The van der Waals surface area contributed by atoms with Crippen molar-refractivity contribution < 1.29 is 27.7 Å². The van der Waals surface area contributed by atoms with Crippen molar-refractivity contribution in [3.8, 4) is 0 Å². The third-order valence-electron chi connectivity index (χ3n) is 4.71. The molecule has 0 saturated carbocycles. The zero-order chi connectivity index (χ0) is 23.5. The second kappa shape index (κ2) is 9.11. The molecule has 4 N–H and O–H groups in total. The fourth-order valence-electron chi connectivity index (χ4n) is 3.08. The van der Waals surface area contributed by atoms with Crippen molar-refractivity contribution in [3.05, 3.63) is 69.3 Å². The van der Waals surface area contributed by atoms with E-state index in [4.69, 9.17) is 5.14 Å². The van der Waals surface area contributed by atoms with Gasteiger partial charge in [0.2, 0.25) is 10.0 Å². The fraction of sp³-hybridized carbons (Fsp3) is 0.211. The molecule has 168 valence electrons. The summed E-state index contributed by atoms with van der Waals surface area (Å²) in [5, 5.41) is 21.1. The van der Waals surface area contributed by atoms with Gasteiger partial charge in [0.25, 0.3) is 17.5 Å². The lowest BCUT2D eigenvalue weighted by Gasteiger charge is -2.14. The van der Waals surface area contributed by atoms with Gasteiger partial charge in [0.05, 0.1) is 20.9 Å². The predicted molar refractivity (Wildman–Crippen MR) is 111 cm³/mol. The molecule has 0 fully saturated rings. The second-order valence-corrected chi connectivity index (χ2v) is 8.46. The largest absolute Gasteiger partial charge is 0.338 e. The van der Waals surface area contributed by atoms with Crippen LogP contribution in [0.1, 0.15) is 32.7 Å². The molecule has 2 aromatic carbocycles. The lowest BCUT2D eigenvalue weighted by molar-refractivity contribution is -0.384. The Labute approximate surface area is 182 Å². The zero-order valence-corrected chi connectivity index (χ0v) is 17.4. The third-order valence-corrected chi connectivity index (χ3v) is 5.64. The predicted octanol–water partition coefficient (Wildman–Crippen LogP) is 0.728. The Morgan fingerprint density at radius 2 is 1.69 bits per heavy atom. The first-order chi connectivity index (χ1) is 15.1. The Hall–Kier alpha value is -3.84. The number of non-ortho nitro benzene ring substituents is 1. The number of nitrogens with zero attached hydrogens (tertiary/aromatic N) is 2. The molecule has 0 aliphatic carbocycles. The number of fused-ring (bicyclic) bond motifs is 1. The van der Waals surface area contributed by atoms with Crippen LogP contribution in [0, 0.1) is 10.1 Å². The molecular weight excluding hydrogens is 442 g/mol. The molecule has 1 aliphatic rings. The zero-order valence-electron chi connectivity index (χ0n) is 16.6. The molecule has 0 saturated heterocycles. The summed E-state index contributed by atoms with van der Waals surface area (Å²) in [6.45, 7) is 0.354. The summed E-state index contributed by atoms with van der Waals surface area (Å²) in [7, 11) is -3.79. The summed E-state index contributed by atoms with van der Waals surface area (Å²) < 4.78 is 22.4. The van der Waals surface area contributed by atoms with Gasteiger partial charge in [-0.05, 0) is 30.2 Å². The number of rotatable bonds is 8. The molecule has 0 atom stereocenters. The number of nitrogens with one attached hydrogen (secondary N) is 2. The van der Waals surface area contributed by atoms with E-state index >= 15 is 0 Å². The molecule has 12 nitrogen and oxygen atoms in total. The molecule has 0 aromatic heterocycles. The van der Waals surface area contributed by atoms with Gasteiger partial charge in [-0.3, -0.25) is 24.6 Å². The average Bonchev–Trinajstić information content (AvgIpc) is 2.99. The smallest absolute Gasteiger partial charge is 0.315 e. The summed E-state index contributed by atoms with van der Waals surface area (Å²) in [5.74, 6) is -1.15. The van der Waals surface area contributed by atoms with E-state index in [1.54, 1.807) is 0 Å². The maximum Gasteiger partial charge on any atom is 0.315 e. The van der Waals surface area contributed by atoms with E-state index in [0.717, 1.165) is 11.0 Å². The van der Waals surface area contributed by atoms with Crippen LogP contribution in [0.25, 0.3) is 0 Å². The van der Waals surface area contributed by atoms with E-state index < -0.39 is 32.8 Å². The minimum Gasteiger partial charge on any atom is -0.338 e. The molecule has 4 amide bonds. The normalized spacial score (nSPS) is 13.1. The number of amides is 4. The van der Waals surface area contributed by atoms with E-state index in [0.29, 0.717) is 5.56 Å². The van der Waals surface area contributed by atoms with Gasteiger partial charge >= 0.3 is 6.03 Å². The van der Waals surface area contributed by atoms with Gasteiger partial charge in [-0.2, -0.15) is 0 Å². The van der Waals surface area contributed by atoms with Gasteiger partial charge in [0.15, 0.2) is 0 Å². The molecule has 0 spiro atoms. The molecule has 0 radical (unpaired) electrons. The van der Waals surface area contributed by atoms with Crippen LogP contribution in [0.5, 0.6) is 0 Å². The molecule has 1 heterocycles. The first kappa shape index (κ1) is 22.8. The van der Waals surface area contributed by atoms with Crippen molar-refractivity contribution in [2.24, 2.45) is 5.14 Å². The molecule has 2 aromatic rings. The minimum absolute atomic E-state index is 0.0108. The fourth-order valence-corrected chi connectivity index (χ4v) is 3.59. The van der Waals surface area contributed by atoms with E-state index in [1.165, 1.54) is 36.4 Å². The van der Waals surface area contributed by atoms with Gasteiger partial charge in [0, 0.05) is 31.8 Å². The number of carbonyl (C=O) groups is 3. The highest BCUT2D eigenvalue weighted by Crippen LogP contribution is 2.26. The number of hydrogen-bond acceptors (Lipinski definition) is 7. The molecule has 1 aliphatic heterocycles. The number of sulfonamides is 1. The number of nitro groups is 1. The van der Waals surface area contributed by atoms with Crippen LogP contribution in [0.3, 0.4) is 0 Å². The van der Waals surface area contributed by atoms with Crippen molar-refractivity contribution in [1.29, 1.82) is 0 Å². The molecule has 3 rings (SSSR count). The van der Waals surface area contributed by atoms with Crippen LogP contribution >= 0.6 is 0 Å². The summed E-state index contributed by atoms with van der Waals surface area (Å²) in [4.78, 5) is 47.8. The number of benzene rings is 2. The summed E-state index contributed by atoms with van der Waals surface area (Å²) in [5.41, 5.74) is 0.486. The number of primary sulfonamides is 1. The molecular formula is C19H19N5O7S. The monoisotopic (exact) mass is 461 g/mol. The number of hydrogen-bond donors (Lipinski definition) is 3. The Morgan fingerprint density at radius 3 is 2.31 bits per heavy atom. The first-order valence-electron chi connectivity index (χ1n) is 9.36. The summed E-state index contributed by atoms with van der Waals surface area (Å²) >= 11 is 0. The van der Waals surface area contributed by atoms with Crippen LogP contribution in [-0.2, 0) is 16.6 Å². The van der Waals surface area contributed by atoms with Gasteiger partial charge in [-0.1, -0.05) is 12.1 Å². The van der Waals surface area contributed by atoms with Crippen LogP contribution < -0.4 is 15.8 Å². The van der Waals surface area contributed by atoms with Crippen LogP contribution in [0.15, 0.2) is 47.4 Å². The summed E-state index contributed by atoms with van der Waals surface area (Å²) in [6, 6.07) is 8.73. The molecule has 0 unspecified atom stereocenters. The highest BCUT2D eigenvalue weighted by molar-refractivity contribution is 7.89. The highest BCUT2D eigenvalue weighted by Gasteiger charge is 2.36. The number of imide groups is 1.